The predicted octanol–water partition coefficient (Wildman–Crippen LogP) is 1.87. The van der Waals surface area contributed by atoms with Crippen LogP contribution in [0.4, 0.5) is 5.69 Å². The summed E-state index contributed by atoms with van der Waals surface area (Å²) in [7, 11) is 0. The molecule has 0 radical (unpaired) electrons. The van der Waals surface area contributed by atoms with Crippen LogP contribution in [-0.4, -0.2) is 23.2 Å². The van der Waals surface area contributed by atoms with Gasteiger partial charge in [-0.3, -0.25) is 4.79 Å². The van der Waals surface area contributed by atoms with Crippen molar-refractivity contribution >= 4 is 11.6 Å². The van der Waals surface area contributed by atoms with Gasteiger partial charge in [-0.2, -0.15) is 0 Å². The highest BCUT2D eigenvalue weighted by atomic mass is 16.3. The molecule has 1 fully saturated rings. The van der Waals surface area contributed by atoms with Gasteiger partial charge in [-0.25, -0.2) is 0 Å². The predicted molar refractivity (Wildman–Crippen MR) is 80.1 cm³/mol. The molecule has 0 aromatic heterocycles. The molecule has 2 rings (SSSR count). The molecule has 2 unspecified atom stereocenters. The lowest BCUT2D eigenvalue weighted by Crippen LogP contribution is -2.46. The minimum Gasteiger partial charge on any atom is -0.398 e. The van der Waals surface area contributed by atoms with E-state index in [0.29, 0.717) is 18.2 Å². The maximum Gasteiger partial charge on any atom is 0.224 e. The van der Waals surface area contributed by atoms with Crippen molar-refractivity contribution in [3.63, 3.8) is 0 Å². The monoisotopic (exact) mass is 276 g/mol. The number of anilines is 1. The average Bonchev–Trinajstić information content (AvgIpc) is 2.39. The van der Waals surface area contributed by atoms with E-state index in [2.05, 4.69) is 12.2 Å². The molecule has 0 spiro atoms. The third-order valence-electron chi connectivity index (χ3n) is 4.09. The molecule has 1 aliphatic rings. The molecule has 0 bridgehead atoms. The lowest BCUT2D eigenvalue weighted by molar-refractivity contribution is -0.122. The van der Waals surface area contributed by atoms with Gasteiger partial charge in [-0.15, -0.1) is 0 Å². The van der Waals surface area contributed by atoms with Crippen molar-refractivity contribution < 1.29 is 9.90 Å². The van der Waals surface area contributed by atoms with E-state index in [1.807, 2.05) is 18.2 Å². The van der Waals surface area contributed by atoms with Gasteiger partial charge in [0, 0.05) is 12.2 Å². The van der Waals surface area contributed by atoms with Crippen LogP contribution in [0.25, 0.3) is 0 Å². The summed E-state index contributed by atoms with van der Waals surface area (Å²) in [5, 5.41) is 13.3. The topological polar surface area (TPSA) is 75.3 Å². The van der Waals surface area contributed by atoms with Crippen LogP contribution in [0.15, 0.2) is 24.3 Å². The SMILES string of the molecule is CC1CCCC(O)(CNC(=O)Cc2ccccc2N)C1. The maximum atomic E-state index is 12.0. The van der Waals surface area contributed by atoms with Crippen molar-refractivity contribution in [3.05, 3.63) is 29.8 Å². The van der Waals surface area contributed by atoms with E-state index in [1.165, 1.54) is 0 Å². The number of benzene rings is 1. The molecular weight excluding hydrogens is 252 g/mol. The first-order valence-corrected chi connectivity index (χ1v) is 7.31. The minimum atomic E-state index is -0.741. The van der Waals surface area contributed by atoms with Gasteiger partial charge in [-0.1, -0.05) is 38.0 Å². The molecule has 4 nitrogen and oxygen atoms in total. The van der Waals surface area contributed by atoms with Crippen molar-refractivity contribution in [2.75, 3.05) is 12.3 Å². The van der Waals surface area contributed by atoms with Gasteiger partial charge in [0.05, 0.1) is 12.0 Å². The first-order valence-electron chi connectivity index (χ1n) is 7.31. The van der Waals surface area contributed by atoms with Crippen LogP contribution in [0.5, 0.6) is 0 Å². The molecule has 1 amide bonds. The lowest BCUT2D eigenvalue weighted by Gasteiger charge is -2.35. The summed E-state index contributed by atoms with van der Waals surface area (Å²) in [5.74, 6) is 0.435. The molecule has 4 N–H and O–H groups in total. The Kier molecular flexibility index (Phi) is 4.65. The fourth-order valence-corrected chi connectivity index (χ4v) is 2.99. The summed E-state index contributed by atoms with van der Waals surface area (Å²) < 4.78 is 0. The van der Waals surface area contributed by atoms with E-state index in [4.69, 9.17) is 5.73 Å². The summed E-state index contributed by atoms with van der Waals surface area (Å²) >= 11 is 0. The molecule has 4 heteroatoms. The highest BCUT2D eigenvalue weighted by Crippen LogP contribution is 2.31. The van der Waals surface area contributed by atoms with E-state index in [1.54, 1.807) is 6.07 Å². The van der Waals surface area contributed by atoms with E-state index < -0.39 is 5.60 Å². The van der Waals surface area contributed by atoms with Crippen LogP contribution in [-0.2, 0) is 11.2 Å². The zero-order valence-electron chi connectivity index (χ0n) is 12.1. The molecule has 2 atom stereocenters. The number of para-hydroxylation sites is 1. The average molecular weight is 276 g/mol. The van der Waals surface area contributed by atoms with Gasteiger partial charge in [0.15, 0.2) is 0 Å². The van der Waals surface area contributed by atoms with Gasteiger partial charge in [0.25, 0.3) is 0 Å². The highest BCUT2D eigenvalue weighted by molar-refractivity contribution is 5.80. The van der Waals surface area contributed by atoms with Crippen molar-refractivity contribution in [1.29, 1.82) is 0 Å². The van der Waals surface area contributed by atoms with E-state index in [-0.39, 0.29) is 12.3 Å². The normalized spacial score (nSPS) is 26.2. The first kappa shape index (κ1) is 14.9. The van der Waals surface area contributed by atoms with E-state index in [9.17, 15) is 9.90 Å². The Balaban J connectivity index is 1.85. The van der Waals surface area contributed by atoms with Crippen LogP contribution < -0.4 is 11.1 Å². The Morgan fingerprint density at radius 2 is 2.25 bits per heavy atom. The Morgan fingerprint density at radius 1 is 1.50 bits per heavy atom. The molecule has 1 aromatic rings. The highest BCUT2D eigenvalue weighted by Gasteiger charge is 2.32. The van der Waals surface area contributed by atoms with Gasteiger partial charge in [0.2, 0.25) is 5.91 Å². The number of amides is 1. The quantitative estimate of drug-likeness (QED) is 0.735. The maximum absolute atomic E-state index is 12.0. The molecule has 0 aliphatic heterocycles. The molecule has 1 aromatic carbocycles. The second-order valence-corrected chi connectivity index (χ2v) is 6.08. The lowest BCUT2D eigenvalue weighted by atomic mass is 9.79. The standard InChI is InChI=1S/C16H24N2O2/c1-12-5-4-8-16(20,10-12)11-18-15(19)9-13-6-2-3-7-14(13)17/h2-3,6-7,12,20H,4-5,8-11,17H2,1H3,(H,18,19). The number of nitrogens with two attached hydrogens (primary N) is 1. The Bertz CT molecular complexity index is 475. The summed E-state index contributed by atoms with van der Waals surface area (Å²) in [6.07, 6.45) is 3.99. The number of nitrogens with one attached hydrogen (secondary N) is 1. The number of aliphatic hydroxyl groups is 1. The molecular formula is C16H24N2O2. The number of hydrogen-bond acceptors (Lipinski definition) is 3. The fourth-order valence-electron chi connectivity index (χ4n) is 2.99. The minimum absolute atomic E-state index is 0.0884. The zero-order valence-corrected chi connectivity index (χ0v) is 12.1. The van der Waals surface area contributed by atoms with Crippen LogP contribution in [0.1, 0.15) is 38.2 Å². The van der Waals surface area contributed by atoms with Crippen molar-refractivity contribution in [2.45, 2.75) is 44.6 Å². The smallest absolute Gasteiger partial charge is 0.224 e. The largest absolute Gasteiger partial charge is 0.398 e. The number of nitrogen functional groups attached to an aromatic ring is 1. The third-order valence-corrected chi connectivity index (χ3v) is 4.09. The molecule has 1 saturated carbocycles. The van der Waals surface area contributed by atoms with Gasteiger partial charge in [0.1, 0.15) is 0 Å². The van der Waals surface area contributed by atoms with E-state index >= 15 is 0 Å². The van der Waals surface area contributed by atoms with Crippen molar-refractivity contribution in [1.82, 2.24) is 5.32 Å². The molecule has 0 heterocycles. The van der Waals surface area contributed by atoms with Crippen LogP contribution in [0.3, 0.4) is 0 Å². The molecule has 110 valence electrons. The van der Waals surface area contributed by atoms with Crippen LogP contribution >= 0.6 is 0 Å². The van der Waals surface area contributed by atoms with Crippen molar-refractivity contribution in [2.24, 2.45) is 5.92 Å². The Hall–Kier alpha value is -1.55. The molecule has 20 heavy (non-hydrogen) atoms. The summed E-state index contributed by atoms with van der Waals surface area (Å²) in [4.78, 5) is 12.0. The van der Waals surface area contributed by atoms with Crippen LogP contribution in [0.2, 0.25) is 0 Å². The Labute approximate surface area is 120 Å². The zero-order chi connectivity index (χ0) is 14.6. The van der Waals surface area contributed by atoms with Gasteiger partial charge in [-0.05, 0) is 30.4 Å². The second-order valence-electron chi connectivity index (χ2n) is 6.08. The summed E-state index contributed by atoms with van der Waals surface area (Å²) in [6.45, 7) is 2.49. The summed E-state index contributed by atoms with van der Waals surface area (Å²) in [5.41, 5.74) is 6.54. The number of carbonyl (C=O) groups is 1. The van der Waals surface area contributed by atoms with Gasteiger partial charge < -0.3 is 16.2 Å². The first-order chi connectivity index (χ1) is 9.48. The van der Waals surface area contributed by atoms with Crippen molar-refractivity contribution in [3.8, 4) is 0 Å². The molecule has 1 aliphatic carbocycles. The molecule has 0 saturated heterocycles. The third kappa shape index (κ3) is 3.97. The summed E-state index contributed by atoms with van der Waals surface area (Å²) in [6, 6.07) is 7.36. The Morgan fingerprint density at radius 3 is 2.95 bits per heavy atom. The van der Waals surface area contributed by atoms with E-state index in [0.717, 1.165) is 31.2 Å². The number of hydrogen-bond donors (Lipinski definition) is 3. The van der Waals surface area contributed by atoms with Gasteiger partial charge >= 0.3 is 0 Å². The number of carbonyl (C=O) groups excluding carboxylic acids is 1. The second kappa shape index (κ2) is 6.27. The number of rotatable bonds is 4. The fraction of sp³-hybridized carbons (Fsp3) is 0.562. The van der Waals surface area contributed by atoms with Crippen LogP contribution in [0, 0.1) is 5.92 Å².